The van der Waals surface area contributed by atoms with Crippen LogP contribution in [-0.2, 0) is 11.2 Å². The molecule has 11 heteroatoms. The van der Waals surface area contributed by atoms with E-state index in [1.807, 2.05) is 23.1 Å². The first-order valence-corrected chi connectivity index (χ1v) is 13.8. The molecule has 3 N–H and O–H groups in total. The van der Waals surface area contributed by atoms with Gasteiger partial charge in [-0.05, 0) is 55.4 Å². The van der Waals surface area contributed by atoms with Crippen LogP contribution in [0.25, 0.3) is 10.9 Å². The zero-order valence-electron chi connectivity index (χ0n) is 21.5. The fraction of sp³-hybridized carbons (Fsp3) is 0.519. The molecule has 1 saturated carbocycles. The largest absolute Gasteiger partial charge is 0.395 e. The second kappa shape index (κ2) is 12.6. The molecule has 3 aromatic rings. The number of β-amino-alcohol motifs (C(OH)–C–C–N with tert-alkyl or cyclic N) is 1. The zero-order chi connectivity index (χ0) is 26.3. The van der Waals surface area contributed by atoms with Gasteiger partial charge in [-0.1, -0.05) is 11.6 Å². The van der Waals surface area contributed by atoms with E-state index < -0.39 is 0 Å². The summed E-state index contributed by atoms with van der Waals surface area (Å²) in [6.07, 6.45) is 9.86. The predicted molar refractivity (Wildman–Crippen MR) is 148 cm³/mol. The van der Waals surface area contributed by atoms with Gasteiger partial charge >= 0.3 is 0 Å². The van der Waals surface area contributed by atoms with Gasteiger partial charge in [0.2, 0.25) is 11.9 Å². The lowest BCUT2D eigenvalue weighted by atomic mass is 9.86. The van der Waals surface area contributed by atoms with Gasteiger partial charge in [-0.2, -0.15) is 0 Å². The first-order chi connectivity index (χ1) is 18.6. The first kappa shape index (κ1) is 26.5. The van der Waals surface area contributed by atoms with Crippen molar-refractivity contribution in [1.29, 1.82) is 0 Å². The number of anilines is 2. The third-order valence-electron chi connectivity index (χ3n) is 7.51. The van der Waals surface area contributed by atoms with E-state index in [-0.39, 0.29) is 12.5 Å². The molecule has 2 aliphatic rings. The molecular weight excluding hydrogens is 504 g/mol. The summed E-state index contributed by atoms with van der Waals surface area (Å²) in [5, 5.41) is 17.4. The number of rotatable bonds is 9. The van der Waals surface area contributed by atoms with Crippen molar-refractivity contribution in [2.24, 2.45) is 5.92 Å². The molecule has 10 nitrogen and oxygen atoms in total. The monoisotopic (exact) mass is 538 g/mol. The van der Waals surface area contributed by atoms with Crippen molar-refractivity contribution in [3.8, 4) is 0 Å². The third-order valence-corrected chi connectivity index (χ3v) is 7.79. The SMILES string of the molecule is O=C(Cc1cnc(NC[C@H]2CC[C@H](Nc3ccc4ccnc(Cl)c4n3)CC2)nc1)N1CCN(CCO)CC1. The molecule has 3 aromatic heterocycles. The standard InChI is InChI=1S/C27H35ClN8O2/c28-26-25-21(7-8-29-26)3-6-23(34-25)33-22-4-1-19(2-5-22)16-30-27-31-17-20(18-32-27)15-24(38)36-11-9-35(10-12-36)13-14-37/h3,6-8,17-19,22,37H,1-2,4-5,9-16H2,(H,33,34)(H,30,31,32)/t19-,22-. The molecular formula is C27H35ClN8O2. The zero-order valence-corrected chi connectivity index (χ0v) is 22.3. The van der Waals surface area contributed by atoms with Crippen LogP contribution in [-0.4, -0.2) is 92.7 Å². The van der Waals surface area contributed by atoms with Crippen molar-refractivity contribution in [2.75, 3.05) is 56.5 Å². The number of aliphatic hydroxyl groups is 1. The molecule has 0 aromatic carbocycles. The fourth-order valence-electron chi connectivity index (χ4n) is 5.24. The lowest BCUT2D eigenvalue weighted by Gasteiger charge is -2.34. The molecule has 5 rings (SSSR count). The van der Waals surface area contributed by atoms with Crippen LogP contribution in [0.15, 0.2) is 36.8 Å². The minimum atomic E-state index is 0.0991. The van der Waals surface area contributed by atoms with Gasteiger partial charge in [-0.15, -0.1) is 0 Å². The summed E-state index contributed by atoms with van der Waals surface area (Å²) in [4.78, 5) is 34.3. The van der Waals surface area contributed by atoms with Gasteiger partial charge in [0.25, 0.3) is 0 Å². The Morgan fingerprint density at radius 1 is 1.03 bits per heavy atom. The van der Waals surface area contributed by atoms with Crippen LogP contribution in [0, 0.1) is 5.92 Å². The summed E-state index contributed by atoms with van der Waals surface area (Å²) < 4.78 is 0. The first-order valence-electron chi connectivity index (χ1n) is 13.4. The van der Waals surface area contributed by atoms with Gasteiger partial charge in [-0.25, -0.2) is 19.9 Å². The van der Waals surface area contributed by atoms with Crippen LogP contribution >= 0.6 is 11.6 Å². The van der Waals surface area contributed by atoms with E-state index in [2.05, 4.69) is 35.5 Å². The third kappa shape index (κ3) is 6.86. The highest BCUT2D eigenvalue weighted by atomic mass is 35.5. The van der Waals surface area contributed by atoms with Crippen LogP contribution in [0.4, 0.5) is 11.8 Å². The van der Waals surface area contributed by atoms with E-state index in [1.54, 1.807) is 18.6 Å². The topological polar surface area (TPSA) is 119 Å². The smallest absolute Gasteiger partial charge is 0.227 e. The number of fused-ring (bicyclic) bond motifs is 1. The second-order valence-corrected chi connectivity index (χ2v) is 10.5. The van der Waals surface area contributed by atoms with E-state index in [9.17, 15) is 4.79 Å². The molecule has 0 atom stereocenters. The van der Waals surface area contributed by atoms with E-state index in [0.29, 0.717) is 49.1 Å². The van der Waals surface area contributed by atoms with Crippen molar-refractivity contribution < 1.29 is 9.90 Å². The van der Waals surface area contributed by atoms with Crippen LogP contribution in [0.5, 0.6) is 0 Å². The number of nitrogens with one attached hydrogen (secondary N) is 2. The summed E-state index contributed by atoms with van der Waals surface area (Å²) in [5.41, 5.74) is 1.55. The number of amides is 1. The highest BCUT2D eigenvalue weighted by Gasteiger charge is 2.23. The van der Waals surface area contributed by atoms with E-state index in [4.69, 9.17) is 16.7 Å². The van der Waals surface area contributed by atoms with Crippen molar-refractivity contribution in [2.45, 2.75) is 38.1 Å². The van der Waals surface area contributed by atoms with Crippen LogP contribution in [0.1, 0.15) is 31.2 Å². The average Bonchev–Trinajstić information content (AvgIpc) is 2.94. The Kier molecular flexibility index (Phi) is 8.83. The number of aliphatic hydroxyl groups excluding tert-OH is 1. The van der Waals surface area contributed by atoms with Crippen LogP contribution < -0.4 is 10.6 Å². The molecule has 4 heterocycles. The molecule has 1 aliphatic heterocycles. The van der Waals surface area contributed by atoms with Crippen molar-refractivity contribution in [3.63, 3.8) is 0 Å². The Balaban J connectivity index is 1.03. The normalized spacial score (nSPS) is 20.4. The molecule has 0 radical (unpaired) electrons. The van der Waals surface area contributed by atoms with E-state index in [0.717, 1.165) is 67.6 Å². The maximum Gasteiger partial charge on any atom is 0.227 e. The summed E-state index contributed by atoms with van der Waals surface area (Å²) in [6.45, 7) is 4.65. The van der Waals surface area contributed by atoms with Crippen molar-refractivity contribution in [3.05, 3.63) is 47.5 Å². The number of piperazine rings is 1. The molecule has 38 heavy (non-hydrogen) atoms. The quantitative estimate of drug-likeness (QED) is 0.353. The maximum atomic E-state index is 12.6. The summed E-state index contributed by atoms with van der Waals surface area (Å²) in [5.74, 6) is 2.10. The summed E-state index contributed by atoms with van der Waals surface area (Å²) >= 11 is 6.21. The Morgan fingerprint density at radius 2 is 1.79 bits per heavy atom. The number of carbonyl (C=O) groups is 1. The Morgan fingerprint density at radius 3 is 2.53 bits per heavy atom. The van der Waals surface area contributed by atoms with Crippen LogP contribution in [0.3, 0.4) is 0 Å². The van der Waals surface area contributed by atoms with E-state index >= 15 is 0 Å². The second-order valence-electron chi connectivity index (χ2n) is 10.2. The van der Waals surface area contributed by atoms with Gasteiger partial charge in [0, 0.05) is 69.3 Å². The molecule has 1 aliphatic carbocycles. The molecule has 2 fully saturated rings. The number of hydrogen-bond donors (Lipinski definition) is 3. The lowest BCUT2D eigenvalue weighted by Crippen LogP contribution is -2.49. The Hall–Kier alpha value is -3.08. The molecule has 202 valence electrons. The number of carbonyl (C=O) groups excluding carboxylic acids is 1. The van der Waals surface area contributed by atoms with Crippen LogP contribution in [0.2, 0.25) is 5.15 Å². The Bertz CT molecular complexity index is 1210. The fourth-order valence-corrected chi connectivity index (χ4v) is 5.44. The highest BCUT2D eigenvalue weighted by molar-refractivity contribution is 6.33. The van der Waals surface area contributed by atoms with Gasteiger partial charge in [-0.3, -0.25) is 9.69 Å². The number of halogens is 1. The minimum absolute atomic E-state index is 0.0991. The minimum Gasteiger partial charge on any atom is -0.395 e. The Labute approximate surface area is 227 Å². The predicted octanol–water partition coefficient (Wildman–Crippen LogP) is 2.84. The summed E-state index contributed by atoms with van der Waals surface area (Å²) in [7, 11) is 0. The van der Waals surface area contributed by atoms with Gasteiger partial charge in [0.05, 0.1) is 13.0 Å². The maximum absolute atomic E-state index is 12.6. The van der Waals surface area contributed by atoms with Crippen molar-refractivity contribution >= 4 is 40.2 Å². The van der Waals surface area contributed by atoms with Gasteiger partial charge in [0.15, 0.2) is 5.15 Å². The molecule has 0 unspecified atom stereocenters. The highest BCUT2D eigenvalue weighted by Crippen LogP contribution is 2.28. The van der Waals surface area contributed by atoms with Crippen molar-refractivity contribution in [1.82, 2.24) is 29.7 Å². The molecule has 1 amide bonds. The lowest BCUT2D eigenvalue weighted by molar-refractivity contribution is -0.132. The molecule has 0 bridgehead atoms. The van der Waals surface area contributed by atoms with Gasteiger partial charge in [0.1, 0.15) is 11.3 Å². The average molecular weight is 539 g/mol. The van der Waals surface area contributed by atoms with Gasteiger partial charge < -0.3 is 20.6 Å². The molecule has 1 saturated heterocycles. The summed E-state index contributed by atoms with van der Waals surface area (Å²) in [6, 6.07) is 6.32. The number of nitrogens with zero attached hydrogens (tertiary/aromatic N) is 6. The number of pyridine rings is 2. The number of aromatic nitrogens is 4. The van der Waals surface area contributed by atoms with E-state index in [1.165, 1.54) is 0 Å². The molecule has 0 spiro atoms. The number of hydrogen-bond acceptors (Lipinski definition) is 9.